The van der Waals surface area contributed by atoms with Gasteiger partial charge in [-0.15, -0.1) is 0 Å². The molecule has 0 heterocycles. The van der Waals surface area contributed by atoms with E-state index in [2.05, 4.69) is 4.99 Å². The first-order valence-corrected chi connectivity index (χ1v) is 3.01. The average molecular weight is 115 g/mol. The van der Waals surface area contributed by atoms with Crippen LogP contribution in [0.15, 0.2) is 4.99 Å². The molecule has 0 aromatic heterocycles. The van der Waals surface area contributed by atoms with Gasteiger partial charge in [-0.2, -0.15) is 0 Å². The quantitative estimate of drug-likeness (QED) is 0.427. The normalized spacial score (nSPS) is 10.8. The summed E-state index contributed by atoms with van der Waals surface area (Å²) >= 11 is 0. The Morgan fingerprint density at radius 1 is 1.62 bits per heavy atom. The Labute approximate surface area is 50.3 Å². The van der Waals surface area contributed by atoms with Gasteiger partial charge in [-0.05, 0) is 19.1 Å². The third-order valence-electron chi connectivity index (χ3n) is 0.757. The summed E-state index contributed by atoms with van der Waals surface area (Å²) in [4.78, 5) is 3.99. The maximum absolute atomic E-state index is 8.29. The Kier molecular flexibility index (Phi) is 6.32. The summed E-state index contributed by atoms with van der Waals surface area (Å²) in [6.45, 7) is 3.06. The molecule has 0 aromatic carbocycles. The van der Waals surface area contributed by atoms with Crippen molar-refractivity contribution < 1.29 is 5.11 Å². The van der Waals surface area contributed by atoms with Gasteiger partial charge in [0, 0.05) is 13.2 Å². The molecule has 1 N–H and O–H groups in total. The van der Waals surface area contributed by atoms with Crippen molar-refractivity contribution in [1.29, 1.82) is 0 Å². The number of aliphatic hydroxyl groups excluding tert-OH is 1. The molecule has 0 aliphatic carbocycles. The first-order valence-electron chi connectivity index (χ1n) is 3.01. The van der Waals surface area contributed by atoms with Gasteiger partial charge in [-0.25, -0.2) is 0 Å². The molecule has 0 spiro atoms. The van der Waals surface area contributed by atoms with Crippen molar-refractivity contribution in [3.63, 3.8) is 0 Å². The van der Waals surface area contributed by atoms with Gasteiger partial charge in [0.15, 0.2) is 0 Å². The van der Waals surface area contributed by atoms with Crippen molar-refractivity contribution >= 4 is 6.21 Å². The Morgan fingerprint density at radius 3 is 2.88 bits per heavy atom. The summed E-state index contributed by atoms with van der Waals surface area (Å²) in [5.41, 5.74) is 0. The summed E-state index contributed by atoms with van der Waals surface area (Å²) in [5, 5.41) is 8.29. The van der Waals surface area contributed by atoms with Crippen LogP contribution in [0.2, 0.25) is 0 Å². The molecule has 0 bridgehead atoms. The Morgan fingerprint density at radius 2 is 2.38 bits per heavy atom. The molecule has 2 heteroatoms. The van der Waals surface area contributed by atoms with E-state index in [1.807, 2.05) is 13.1 Å². The van der Waals surface area contributed by atoms with Crippen molar-refractivity contribution in [2.24, 2.45) is 4.99 Å². The highest BCUT2D eigenvalue weighted by Crippen LogP contribution is 1.77. The van der Waals surface area contributed by atoms with Crippen LogP contribution in [0.3, 0.4) is 0 Å². The van der Waals surface area contributed by atoms with Crippen molar-refractivity contribution in [1.82, 2.24) is 0 Å². The first kappa shape index (κ1) is 7.63. The second-order valence-electron chi connectivity index (χ2n) is 1.57. The summed E-state index contributed by atoms with van der Waals surface area (Å²) < 4.78 is 0. The van der Waals surface area contributed by atoms with Gasteiger partial charge in [0.05, 0.1) is 0 Å². The van der Waals surface area contributed by atoms with E-state index in [4.69, 9.17) is 5.11 Å². The maximum atomic E-state index is 8.29. The van der Waals surface area contributed by atoms with Crippen LogP contribution in [-0.4, -0.2) is 24.5 Å². The molecule has 2 nitrogen and oxygen atoms in total. The molecular weight excluding hydrogens is 102 g/mol. The first-order chi connectivity index (χ1) is 3.91. The number of hydrogen-bond acceptors (Lipinski definition) is 2. The van der Waals surface area contributed by atoms with Crippen LogP contribution in [0.5, 0.6) is 0 Å². The second-order valence-corrected chi connectivity index (χ2v) is 1.57. The molecule has 0 amide bonds. The fourth-order valence-corrected chi connectivity index (χ4v) is 0.382. The molecule has 0 saturated heterocycles. The van der Waals surface area contributed by atoms with E-state index in [0.717, 1.165) is 19.4 Å². The Bertz CT molecular complexity index is 61.5. The second kappa shape index (κ2) is 6.63. The van der Waals surface area contributed by atoms with Gasteiger partial charge in [-0.3, -0.25) is 4.99 Å². The summed E-state index contributed by atoms with van der Waals surface area (Å²) in [6, 6.07) is 0. The van der Waals surface area contributed by atoms with Crippen molar-refractivity contribution in [2.75, 3.05) is 13.2 Å². The summed E-state index contributed by atoms with van der Waals surface area (Å²) in [7, 11) is 0. The van der Waals surface area contributed by atoms with Crippen molar-refractivity contribution in [3.05, 3.63) is 0 Å². The molecule has 0 saturated carbocycles. The van der Waals surface area contributed by atoms with Crippen LogP contribution in [0.25, 0.3) is 0 Å². The molecule has 0 radical (unpaired) electrons. The van der Waals surface area contributed by atoms with Crippen LogP contribution in [0.4, 0.5) is 0 Å². The fourth-order valence-electron chi connectivity index (χ4n) is 0.382. The number of aliphatic hydroxyl groups is 1. The lowest BCUT2D eigenvalue weighted by Crippen LogP contribution is -1.86. The van der Waals surface area contributed by atoms with Crippen molar-refractivity contribution in [3.8, 4) is 0 Å². The highest BCUT2D eigenvalue weighted by molar-refractivity contribution is 5.56. The Hall–Kier alpha value is -0.370. The standard InChI is InChI=1S/C6H13NO/c1-2-4-7-5-3-6-8/h4,8H,2-3,5-6H2,1H3. The van der Waals surface area contributed by atoms with Gasteiger partial charge < -0.3 is 5.11 Å². The molecule has 0 aromatic rings. The Balaban J connectivity index is 2.80. The van der Waals surface area contributed by atoms with Crippen LogP contribution in [0, 0.1) is 0 Å². The zero-order valence-electron chi connectivity index (χ0n) is 5.30. The molecule has 0 fully saturated rings. The van der Waals surface area contributed by atoms with Gasteiger partial charge in [0.25, 0.3) is 0 Å². The lowest BCUT2D eigenvalue weighted by Gasteiger charge is -1.85. The summed E-state index contributed by atoms with van der Waals surface area (Å²) in [5.74, 6) is 0. The number of nitrogens with zero attached hydrogens (tertiary/aromatic N) is 1. The largest absolute Gasteiger partial charge is 0.396 e. The third kappa shape index (κ3) is 5.63. The van der Waals surface area contributed by atoms with E-state index in [1.165, 1.54) is 0 Å². The number of rotatable bonds is 4. The minimum absolute atomic E-state index is 0.251. The van der Waals surface area contributed by atoms with Gasteiger partial charge >= 0.3 is 0 Å². The SMILES string of the molecule is CCC=NCCCO. The van der Waals surface area contributed by atoms with Crippen LogP contribution < -0.4 is 0 Å². The van der Waals surface area contributed by atoms with Crippen molar-refractivity contribution in [2.45, 2.75) is 19.8 Å². The minimum atomic E-state index is 0.251. The van der Waals surface area contributed by atoms with Gasteiger partial charge in [-0.1, -0.05) is 6.92 Å². The van der Waals surface area contributed by atoms with Crippen LogP contribution in [-0.2, 0) is 0 Å². The van der Waals surface area contributed by atoms with Crippen LogP contribution >= 0.6 is 0 Å². The summed E-state index contributed by atoms with van der Waals surface area (Å²) in [6.07, 6.45) is 3.65. The molecule has 0 atom stereocenters. The van der Waals surface area contributed by atoms with E-state index in [9.17, 15) is 0 Å². The molecule has 8 heavy (non-hydrogen) atoms. The average Bonchev–Trinajstić information content (AvgIpc) is 1.81. The van der Waals surface area contributed by atoms with E-state index < -0.39 is 0 Å². The number of aliphatic imine (C=N–C) groups is 1. The van der Waals surface area contributed by atoms with Gasteiger partial charge in [0.1, 0.15) is 0 Å². The van der Waals surface area contributed by atoms with E-state index in [0.29, 0.717) is 0 Å². The third-order valence-corrected chi connectivity index (χ3v) is 0.757. The molecule has 0 rings (SSSR count). The lowest BCUT2D eigenvalue weighted by molar-refractivity contribution is 0.291. The van der Waals surface area contributed by atoms with E-state index >= 15 is 0 Å². The van der Waals surface area contributed by atoms with E-state index in [-0.39, 0.29) is 6.61 Å². The zero-order valence-corrected chi connectivity index (χ0v) is 5.30. The molecule has 0 aliphatic heterocycles. The molecule has 48 valence electrons. The lowest BCUT2D eigenvalue weighted by atomic mass is 10.4. The smallest absolute Gasteiger partial charge is 0.0448 e. The monoisotopic (exact) mass is 115 g/mol. The van der Waals surface area contributed by atoms with Gasteiger partial charge in [0.2, 0.25) is 0 Å². The molecular formula is C6H13NO. The maximum Gasteiger partial charge on any atom is 0.0448 e. The topological polar surface area (TPSA) is 32.6 Å². The fraction of sp³-hybridized carbons (Fsp3) is 0.833. The predicted molar refractivity (Wildman–Crippen MR) is 35.4 cm³/mol. The van der Waals surface area contributed by atoms with E-state index in [1.54, 1.807) is 0 Å². The van der Waals surface area contributed by atoms with Crippen LogP contribution in [0.1, 0.15) is 19.8 Å². The molecule has 0 unspecified atom stereocenters. The minimum Gasteiger partial charge on any atom is -0.396 e. The predicted octanol–water partition coefficient (Wildman–Crippen LogP) is 0.850. The highest BCUT2D eigenvalue weighted by Gasteiger charge is 1.75. The zero-order chi connectivity index (χ0) is 6.24. The highest BCUT2D eigenvalue weighted by atomic mass is 16.2. The molecule has 0 aliphatic rings. The number of hydrogen-bond donors (Lipinski definition) is 1.